The molecule has 0 saturated heterocycles. The number of rotatable bonds is 6. The third kappa shape index (κ3) is 5.24. The summed E-state index contributed by atoms with van der Waals surface area (Å²) in [5.74, 6) is 0. The van der Waals surface area contributed by atoms with Gasteiger partial charge in [0.15, 0.2) is 0 Å². The number of nitrogens with zero attached hydrogens (tertiary/aromatic N) is 1. The molecule has 0 saturated carbocycles. The molecule has 0 spiro atoms. The van der Waals surface area contributed by atoms with Crippen molar-refractivity contribution >= 4 is 70.1 Å². The molecule has 0 N–H and O–H groups in total. The number of thiophene rings is 1. The molecule has 0 bridgehead atoms. The number of anilines is 3. The first-order valence-corrected chi connectivity index (χ1v) is 18.6. The monoisotopic (exact) mass is 679 g/mol. The minimum Gasteiger partial charge on any atom is -0.310 e. The Bertz CT molecular complexity index is 2880. The second-order valence-corrected chi connectivity index (χ2v) is 14.4. The van der Waals surface area contributed by atoms with Crippen molar-refractivity contribution < 1.29 is 0 Å². The average Bonchev–Trinajstić information content (AvgIpc) is 3.60. The fraction of sp³-hybridized carbons (Fsp3) is 0. The average molecular weight is 680 g/mol. The summed E-state index contributed by atoms with van der Waals surface area (Å²) in [4.78, 5) is 2.45. The minimum atomic E-state index is 1.12. The zero-order valence-electron chi connectivity index (χ0n) is 28.4. The molecule has 0 radical (unpaired) electrons. The summed E-state index contributed by atoms with van der Waals surface area (Å²) in [5.41, 5.74) is 10.7. The molecule has 1 heterocycles. The lowest BCUT2D eigenvalue weighted by molar-refractivity contribution is 1.30. The second-order valence-electron chi connectivity index (χ2n) is 13.3. The van der Waals surface area contributed by atoms with E-state index in [0.29, 0.717) is 0 Å². The highest BCUT2D eigenvalue weighted by atomic mass is 32.1. The predicted octanol–water partition coefficient (Wildman–Crippen LogP) is 14.8. The Morgan fingerprint density at radius 3 is 1.71 bits per heavy atom. The maximum absolute atomic E-state index is 2.45. The van der Waals surface area contributed by atoms with Crippen LogP contribution in [0.2, 0.25) is 0 Å². The Morgan fingerprint density at radius 2 is 0.923 bits per heavy atom. The highest BCUT2D eigenvalue weighted by molar-refractivity contribution is 7.26. The van der Waals surface area contributed by atoms with Crippen molar-refractivity contribution in [3.05, 3.63) is 200 Å². The Kier molecular flexibility index (Phi) is 7.41. The third-order valence-electron chi connectivity index (χ3n) is 10.2. The number of hydrogen-bond donors (Lipinski definition) is 0. The summed E-state index contributed by atoms with van der Waals surface area (Å²) < 4.78 is 2.62. The molecule has 0 aliphatic rings. The fourth-order valence-electron chi connectivity index (χ4n) is 7.72. The Balaban J connectivity index is 1.22. The van der Waals surface area contributed by atoms with Gasteiger partial charge in [-0.15, -0.1) is 11.3 Å². The summed E-state index contributed by atoms with van der Waals surface area (Å²) in [6.07, 6.45) is 0. The molecule has 0 aliphatic heterocycles. The summed E-state index contributed by atoms with van der Waals surface area (Å²) in [5, 5.41) is 7.60. The topological polar surface area (TPSA) is 3.24 Å². The number of benzene rings is 9. The van der Waals surface area contributed by atoms with E-state index in [9.17, 15) is 0 Å². The van der Waals surface area contributed by atoms with Gasteiger partial charge in [0.05, 0.1) is 5.69 Å². The van der Waals surface area contributed by atoms with Gasteiger partial charge in [0.2, 0.25) is 0 Å². The normalized spacial score (nSPS) is 11.5. The van der Waals surface area contributed by atoms with Crippen LogP contribution in [-0.4, -0.2) is 0 Å². The molecule has 52 heavy (non-hydrogen) atoms. The van der Waals surface area contributed by atoms with Crippen molar-refractivity contribution in [3.63, 3.8) is 0 Å². The highest BCUT2D eigenvalue weighted by Crippen LogP contribution is 2.47. The maximum atomic E-state index is 2.45. The van der Waals surface area contributed by atoms with Gasteiger partial charge in [0.25, 0.3) is 0 Å². The third-order valence-corrected chi connectivity index (χ3v) is 11.5. The van der Waals surface area contributed by atoms with E-state index in [1.165, 1.54) is 75.1 Å². The van der Waals surface area contributed by atoms with Crippen molar-refractivity contribution in [1.29, 1.82) is 0 Å². The van der Waals surface area contributed by atoms with E-state index in [1.54, 1.807) is 0 Å². The van der Waals surface area contributed by atoms with E-state index < -0.39 is 0 Å². The first kappa shape index (κ1) is 30.4. The molecule has 244 valence electrons. The predicted molar refractivity (Wildman–Crippen MR) is 225 cm³/mol. The summed E-state index contributed by atoms with van der Waals surface area (Å²) in [6, 6.07) is 72.9. The molecule has 10 aromatic rings. The lowest BCUT2D eigenvalue weighted by Crippen LogP contribution is -2.10. The molecule has 0 amide bonds. The summed E-state index contributed by atoms with van der Waals surface area (Å²) in [6.45, 7) is 0. The SMILES string of the molecule is c1ccc(-c2ccc(N(c3cccc(-c4ccccc4)c3)c3cc4c5cc(-c6cccc7ccccc67)ccc5sc4c4ccccc34)cc2)cc1. The van der Waals surface area contributed by atoms with Gasteiger partial charge in [-0.2, -0.15) is 0 Å². The van der Waals surface area contributed by atoms with Crippen LogP contribution in [0.4, 0.5) is 17.1 Å². The van der Waals surface area contributed by atoms with E-state index in [1.807, 2.05) is 11.3 Å². The second kappa shape index (κ2) is 12.7. The lowest BCUT2D eigenvalue weighted by Gasteiger charge is -2.28. The summed E-state index contributed by atoms with van der Waals surface area (Å²) >= 11 is 1.89. The van der Waals surface area contributed by atoms with E-state index in [2.05, 4.69) is 205 Å². The molecular formula is C50H33NS. The smallest absolute Gasteiger partial charge is 0.0547 e. The van der Waals surface area contributed by atoms with Gasteiger partial charge in [0, 0.05) is 42.3 Å². The van der Waals surface area contributed by atoms with Crippen molar-refractivity contribution in [2.24, 2.45) is 0 Å². The van der Waals surface area contributed by atoms with E-state index >= 15 is 0 Å². The van der Waals surface area contributed by atoms with Crippen LogP contribution in [0.5, 0.6) is 0 Å². The zero-order valence-corrected chi connectivity index (χ0v) is 29.2. The maximum Gasteiger partial charge on any atom is 0.0547 e. The Labute approximate surface area is 307 Å². The van der Waals surface area contributed by atoms with Gasteiger partial charge in [-0.1, -0.05) is 158 Å². The summed E-state index contributed by atoms with van der Waals surface area (Å²) in [7, 11) is 0. The van der Waals surface area contributed by atoms with Gasteiger partial charge in [0.1, 0.15) is 0 Å². The molecule has 10 rings (SSSR count). The zero-order chi connectivity index (χ0) is 34.4. The molecule has 0 unspecified atom stereocenters. The fourth-order valence-corrected chi connectivity index (χ4v) is 8.93. The van der Waals surface area contributed by atoms with Crippen molar-refractivity contribution in [3.8, 4) is 33.4 Å². The van der Waals surface area contributed by atoms with Gasteiger partial charge in [-0.25, -0.2) is 0 Å². The van der Waals surface area contributed by atoms with Crippen molar-refractivity contribution in [2.75, 3.05) is 4.90 Å². The van der Waals surface area contributed by atoms with Crippen LogP contribution in [0.1, 0.15) is 0 Å². The lowest BCUT2D eigenvalue weighted by atomic mass is 9.96. The van der Waals surface area contributed by atoms with Gasteiger partial charge >= 0.3 is 0 Å². The molecular weight excluding hydrogens is 647 g/mol. The number of hydrogen-bond acceptors (Lipinski definition) is 2. The molecule has 0 aliphatic carbocycles. The van der Waals surface area contributed by atoms with Gasteiger partial charge in [-0.05, 0) is 86.6 Å². The van der Waals surface area contributed by atoms with Crippen LogP contribution in [0.3, 0.4) is 0 Å². The molecule has 2 heteroatoms. The molecule has 0 fully saturated rings. The quantitative estimate of drug-likeness (QED) is 0.169. The molecule has 1 nitrogen and oxygen atoms in total. The van der Waals surface area contributed by atoms with Crippen molar-refractivity contribution in [1.82, 2.24) is 0 Å². The van der Waals surface area contributed by atoms with E-state index in [4.69, 9.17) is 0 Å². The van der Waals surface area contributed by atoms with Crippen LogP contribution in [0.15, 0.2) is 200 Å². The first-order chi connectivity index (χ1) is 25.8. The van der Waals surface area contributed by atoms with Crippen molar-refractivity contribution in [2.45, 2.75) is 0 Å². The Morgan fingerprint density at radius 1 is 0.327 bits per heavy atom. The molecule has 9 aromatic carbocycles. The van der Waals surface area contributed by atoms with Crippen LogP contribution in [0, 0.1) is 0 Å². The van der Waals surface area contributed by atoms with E-state index in [-0.39, 0.29) is 0 Å². The van der Waals surface area contributed by atoms with Crippen LogP contribution < -0.4 is 4.90 Å². The van der Waals surface area contributed by atoms with E-state index in [0.717, 1.165) is 17.1 Å². The molecule has 1 aromatic heterocycles. The largest absolute Gasteiger partial charge is 0.310 e. The van der Waals surface area contributed by atoms with Gasteiger partial charge in [-0.3, -0.25) is 0 Å². The standard InChI is InChI=1S/C50H33NS/c1-3-13-34(14-4-1)36-25-28-40(29-26-36)51(41-20-11-19-38(31-41)35-15-5-2-6-16-35)48-33-47-46-32-39(43-24-12-18-37-17-7-8-21-42(37)43)27-30-49(46)52-50(47)45-23-10-9-22-44(45)48/h1-33H. The number of fused-ring (bicyclic) bond motifs is 6. The van der Waals surface area contributed by atoms with Gasteiger partial charge < -0.3 is 4.90 Å². The van der Waals surface area contributed by atoms with Crippen LogP contribution in [-0.2, 0) is 0 Å². The molecule has 0 atom stereocenters. The first-order valence-electron chi connectivity index (χ1n) is 17.8. The van der Waals surface area contributed by atoms with Crippen LogP contribution in [0.25, 0.3) is 75.1 Å². The van der Waals surface area contributed by atoms with Crippen LogP contribution >= 0.6 is 11.3 Å². The minimum absolute atomic E-state index is 1.12. The Hall–Kier alpha value is -6.48. The highest BCUT2D eigenvalue weighted by Gasteiger charge is 2.20.